The minimum absolute atomic E-state index is 0.118. The Hall–Kier alpha value is -0.920. The predicted molar refractivity (Wildman–Crippen MR) is 66.3 cm³/mol. The number of rotatable bonds is 5. The number of carbonyl (C=O) groups is 1. The Bertz CT molecular complexity index is 527. The van der Waals surface area contributed by atoms with Crippen molar-refractivity contribution in [3.8, 4) is 0 Å². The predicted octanol–water partition coefficient (Wildman–Crippen LogP) is 1.51. The van der Waals surface area contributed by atoms with Crippen LogP contribution in [0.1, 0.15) is 12.0 Å². The summed E-state index contributed by atoms with van der Waals surface area (Å²) in [5, 5.41) is 8.43. The highest BCUT2D eigenvalue weighted by Crippen LogP contribution is 2.19. The molecule has 0 unspecified atom stereocenters. The van der Waals surface area contributed by atoms with Crippen LogP contribution < -0.4 is 4.72 Å². The van der Waals surface area contributed by atoms with Crippen LogP contribution in [0.15, 0.2) is 27.6 Å². The average molecular weight is 322 g/mol. The maximum absolute atomic E-state index is 11.8. The topological polar surface area (TPSA) is 83.5 Å². The van der Waals surface area contributed by atoms with Gasteiger partial charge in [0.25, 0.3) is 0 Å². The number of hydrogen-bond acceptors (Lipinski definition) is 3. The van der Waals surface area contributed by atoms with Gasteiger partial charge in [-0.15, -0.1) is 0 Å². The molecule has 0 bridgehead atoms. The summed E-state index contributed by atoms with van der Waals surface area (Å²) < 4.78 is 26.7. The van der Waals surface area contributed by atoms with Crippen molar-refractivity contribution in [1.29, 1.82) is 0 Å². The standard InChI is InChI=1S/C10H12BrNO4S/c1-7-6-8(11)2-3-9(7)17(15,16)12-5-4-10(13)14/h2-3,6,12H,4-5H2,1H3,(H,13,14). The van der Waals surface area contributed by atoms with Crippen LogP contribution in [0.25, 0.3) is 0 Å². The quantitative estimate of drug-likeness (QED) is 0.861. The first-order valence-electron chi connectivity index (χ1n) is 4.80. The van der Waals surface area contributed by atoms with Gasteiger partial charge in [0, 0.05) is 11.0 Å². The second-order valence-electron chi connectivity index (χ2n) is 3.45. The molecule has 0 saturated heterocycles. The molecule has 1 aromatic carbocycles. The molecule has 17 heavy (non-hydrogen) atoms. The number of benzene rings is 1. The van der Waals surface area contributed by atoms with Gasteiger partial charge < -0.3 is 5.11 Å². The van der Waals surface area contributed by atoms with Crippen LogP contribution in [-0.4, -0.2) is 26.0 Å². The first-order chi connectivity index (χ1) is 7.83. The Morgan fingerprint density at radius 3 is 2.65 bits per heavy atom. The molecule has 5 nitrogen and oxygen atoms in total. The third-order valence-corrected chi connectivity index (χ3v) is 4.17. The molecular formula is C10H12BrNO4S. The molecule has 0 atom stereocenters. The zero-order chi connectivity index (χ0) is 13.1. The lowest BCUT2D eigenvalue weighted by Gasteiger charge is -2.08. The normalized spacial score (nSPS) is 11.4. The monoisotopic (exact) mass is 321 g/mol. The van der Waals surface area contributed by atoms with Crippen molar-refractivity contribution in [2.24, 2.45) is 0 Å². The summed E-state index contributed by atoms with van der Waals surface area (Å²) in [4.78, 5) is 10.5. The number of carboxylic acid groups (broad SMARTS) is 1. The summed E-state index contributed by atoms with van der Waals surface area (Å²) in [6.07, 6.45) is -0.241. The zero-order valence-electron chi connectivity index (χ0n) is 9.10. The van der Waals surface area contributed by atoms with Crippen molar-refractivity contribution in [2.75, 3.05) is 6.54 Å². The molecule has 0 spiro atoms. The van der Waals surface area contributed by atoms with Gasteiger partial charge in [0.1, 0.15) is 0 Å². The van der Waals surface area contributed by atoms with Crippen LogP contribution in [0.4, 0.5) is 0 Å². The number of halogens is 1. The second kappa shape index (κ2) is 5.61. The molecular weight excluding hydrogens is 310 g/mol. The number of aryl methyl sites for hydroxylation is 1. The molecule has 2 N–H and O–H groups in total. The molecule has 0 saturated carbocycles. The van der Waals surface area contributed by atoms with E-state index in [0.29, 0.717) is 5.56 Å². The highest BCUT2D eigenvalue weighted by Gasteiger charge is 2.16. The van der Waals surface area contributed by atoms with Gasteiger partial charge in [-0.2, -0.15) is 0 Å². The van der Waals surface area contributed by atoms with Crippen LogP contribution in [0.5, 0.6) is 0 Å². The van der Waals surface area contributed by atoms with E-state index in [9.17, 15) is 13.2 Å². The molecule has 0 aliphatic carbocycles. The molecule has 7 heteroatoms. The molecule has 1 aromatic rings. The maximum Gasteiger partial charge on any atom is 0.304 e. The van der Waals surface area contributed by atoms with Crippen LogP contribution in [0.3, 0.4) is 0 Å². The molecule has 0 radical (unpaired) electrons. The van der Waals surface area contributed by atoms with Gasteiger partial charge in [-0.05, 0) is 30.7 Å². The number of nitrogens with one attached hydrogen (secondary N) is 1. The van der Waals surface area contributed by atoms with E-state index in [4.69, 9.17) is 5.11 Å². The third kappa shape index (κ3) is 4.10. The molecule has 94 valence electrons. The first kappa shape index (κ1) is 14.1. The lowest BCUT2D eigenvalue weighted by molar-refractivity contribution is -0.136. The van der Waals surface area contributed by atoms with Crippen molar-refractivity contribution in [3.63, 3.8) is 0 Å². The fourth-order valence-electron chi connectivity index (χ4n) is 1.28. The Morgan fingerprint density at radius 1 is 1.47 bits per heavy atom. The van der Waals surface area contributed by atoms with E-state index in [1.807, 2.05) is 0 Å². The summed E-state index contributed by atoms with van der Waals surface area (Å²) in [5.74, 6) is -1.04. The SMILES string of the molecule is Cc1cc(Br)ccc1S(=O)(=O)NCCC(=O)O. The molecule has 0 aliphatic rings. The van der Waals surface area contributed by atoms with Crippen LogP contribution in [-0.2, 0) is 14.8 Å². The fraction of sp³-hybridized carbons (Fsp3) is 0.300. The number of hydrogen-bond donors (Lipinski definition) is 2. The molecule has 0 heterocycles. The average Bonchev–Trinajstić information content (AvgIpc) is 2.15. The zero-order valence-corrected chi connectivity index (χ0v) is 11.5. The van der Waals surface area contributed by atoms with Crippen molar-refractivity contribution in [1.82, 2.24) is 4.72 Å². The van der Waals surface area contributed by atoms with Crippen molar-refractivity contribution < 1.29 is 18.3 Å². The Balaban J connectivity index is 2.86. The summed E-state index contributed by atoms with van der Waals surface area (Å²) in [6, 6.07) is 4.78. The van der Waals surface area contributed by atoms with E-state index in [1.54, 1.807) is 19.1 Å². The Morgan fingerprint density at radius 2 is 2.12 bits per heavy atom. The van der Waals surface area contributed by atoms with E-state index >= 15 is 0 Å². The molecule has 0 amide bonds. The van der Waals surface area contributed by atoms with E-state index in [-0.39, 0.29) is 17.9 Å². The minimum Gasteiger partial charge on any atom is -0.481 e. The van der Waals surface area contributed by atoms with Gasteiger partial charge in [-0.25, -0.2) is 13.1 Å². The van der Waals surface area contributed by atoms with Gasteiger partial charge in [-0.3, -0.25) is 4.79 Å². The minimum atomic E-state index is -3.64. The first-order valence-corrected chi connectivity index (χ1v) is 7.08. The lowest BCUT2D eigenvalue weighted by Crippen LogP contribution is -2.26. The van der Waals surface area contributed by atoms with Gasteiger partial charge in [0.15, 0.2) is 0 Å². The van der Waals surface area contributed by atoms with Crippen molar-refractivity contribution in [2.45, 2.75) is 18.2 Å². The Labute approximate surface area is 108 Å². The van der Waals surface area contributed by atoms with Gasteiger partial charge >= 0.3 is 5.97 Å². The van der Waals surface area contributed by atoms with E-state index in [0.717, 1.165) is 4.47 Å². The largest absolute Gasteiger partial charge is 0.481 e. The molecule has 0 aromatic heterocycles. The summed E-state index contributed by atoms with van der Waals surface area (Å²) in [5.41, 5.74) is 0.599. The highest BCUT2D eigenvalue weighted by atomic mass is 79.9. The van der Waals surface area contributed by atoms with E-state index in [2.05, 4.69) is 20.7 Å². The maximum atomic E-state index is 11.8. The van der Waals surface area contributed by atoms with Crippen LogP contribution >= 0.6 is 15.9 Å². The second-order valence-corrected chi connectivity index (χ2v) is 6.10. The third-order valence-electron chi connectivity index (χ3n) is 2.06. The highest BCUT2D eigenvalue weighted by molar-refractivity contribution is 9.10. The molecule has 0 fully saturated rings. The van der Waals surface area contributed by atoms with Crippen molar-refractivity contribution >= 4 is 31.9 Å². The summed E-state index contributed by atoms with van der Waals surface area (Å²) >= 11 is 3.24. The smallest absolute Gasteiger partial charge is 0.304 e. The van der Waals surface area contributed by atoms with Crippen molar-refractivity contribution in [3.05, 3.63) is 28.2 Å². The molecule has 1 rings (SSSR count). The number of carboxylic acids is 1. The number of aliphatic carboxylic acids is 1. The fourth-order valence-corrected chi connectivity index (χ4v) is 3.02. The van der Waals surface area contributed by atoms with Gasteiger partial charge in [-0.1, -0.05) is 15.9 Å². The summed E-state index contributed by atoms with van der Waals surface area (Å²) in [6.45, 7) is 1.56. The van der Waals surface area contributed by atoms with E-state index in [1.165, 1.54) is 6.07 Å². The summed E-state index contributed by atoms with van der Waals surface area (Å²) in [7, 11) is -3.64. The van der Waals surface area contributed by atoms with E-state index < -0.39 is 16.0 Å². The van der Waals surface area contributed by atoms with Crippen LogP contribution in [0, 0.1) is 6.92 Å². The van der Waals surface area contributed by atoms with Gasteiger partial charge in [0.05, 0.1) is 11.3 Å². The number of sulfonamides is 1. The lowest BCUT2D eigenvalue weighted by atomic mass is 10.2. The Kier molecular flexibility index (Phi) is 4.67. The van der Waals surface area contributed by atoms with Crippen LogP contribution in [0.2, 0.25) is 0 Å². The molecule has 0 aliphatic heterocycles. The van der Waals surface area contributed by atoms with Gasteiger partial charge in [0.2, 0.25) is 10.0 Å².